The number of hydrogen-bond acceptors (Lipinski definition) is 3. The third-order valence-electron chi connectivity index (χ3n) is 1.83. The molecule has 2 aromatic rings. The van der Waals surface area contributed by atoms with Gasteiger partial charge in [0.05, 0.1) is 0 Å². The molecule has 0 amide bonds. The molecular weight excluding hydrogens is 260 g/mol. The summed E-state index contributed by atoms with van der Waals surface area (Å²) in [7, 11) is 0. The van der Waals surface area contributed by atoms with Crippen LogP contribution in [0.3, 0.4) is 0 Å². The average molecular weight is 281 g/mol. The average Bonchev–Trinajstić information content (AvgIpc) is 2.53. The minimum absolute atomic E-state index is 0.344. The van der Waals surface area contributed by atoms with E-state index in [4.69, 9.17) is 16.3 Å². The molecule has 0 spiro atoms. The topological polar surface area (TPSA) is 35.0 Å². The highest BCUT2D eigenvalue weighted by atomic mass is 35.5. The van der Waals surface area contributed by atoms with Crippen molar-refractivity contribution >= 4 is 11.6 Å². The zero-order chi connectivity index (χ0) is 14.5. The Bertz CT molecular complexity index is 418. The van der Waals surface area contributed by atoms with Gasteiger partial charge in [0, 0.05) is 18.3 Å². The van der Waals surface area contributed by atoms with Gasteiger partial charge in [0.25, 0.3) is 0 Å². The molecule has 0 aliphatic rings. The molecule has 2 rings (SSSR count). The second-order valence-corrected chi connectivity index (χ2v) is 3.18. The van der Waals surface area contributed by atoms with E-state index in [1.165, 1.54) is 0 Å². The maximum Gasteiger partial charge on any atom is 0.321 e. The van der Waals surface area contributed by atoms with E-state index in [9.17, 15) is 0 Å². The summed E-state index contributed by atoms with van der Waals surface area (Å²) in [5, 5.41) is 0. The Morgan fingerprint density at radius 2 is 1.47 bits per heavy atom. The smallest absolute Gasteiger partial charge is 0.321 e. The van der Waals surface area contributed by atoms with Crippen LogP contribution in [0.2, 0.25) is 0 Å². The number of hydrogen-bond donors (Lipinski definition) is 0. The van der Waals surface area contributed by atoms with Crippen molar-refractivity contribution in [2.45, 2.75) is 33.6 Å². The Balaban J connectivity index is 0.000000741. The van der Waals surface area contributed by atoms with Crippen LogP contribution in [0.15, 0.2) is 42.7 Å². The van der Waals surface area contributed by atoms with Crippen LogP contribution >= 0.6 is 11.6 Å². The molecule has 0 saturated heterocycles. The lowest BCUT2D eigenvalue weighted by Crippen LogP contribution is -1.90. The van der Waals surface area contributed by atoms with Gasteiger partial charge in [-0.1, -0.05) is 39.8 Å². The van der Waals surface area contributed by atoms with Gasteiger partial charge in [-0.25, -0.2) is 9.97 Å². The summed E-state index contributed by atoms with van der Waals surface area (Å²) in [4.78, 5) is 7.91. The summed E-state index contributed by atoms with van der Waals surface area (Å²) < 4.78 is 5.41. The predicted molar refractivity (Wildman–Crippen MR) is 80.8 cm³/mol. The minimum Gasteiger partial charge on any atom is -0.424 e. The SMILES string of the molecule is CC.CC.ClCc1ccc(Oc2ncccn2)cc1. The standard InChI is InChI=1S/C11H9ClN2O.2C2H6/c12-8-9-2-4-10(5-3-9)15-11-13-6-1-7-14-11;2*1-2/h1-7H,8H2;2*1-2H3. The Kier molecular flexibility index (Phi) is 10.5. The van der Waals surface area contributed by atoms with Crippen LogP contribution in [0.4, 0.5) is 0 Å². The fraction of sp³-hybridized carbons (Fsp3) is 0.333. The van der Waals surface area contributed by atoms with Gasteiger partial charge in [0.15, 0.2) is 0 Å². The maximum absolute atomic E-state index is 5.67. The van der Waals surface area contributed by atoms with Gasteiger partial charge >= 0.3 is 6.01 Å². The molecule has 0 aliphatic carbocycles. The highest BCUT2D eigenvalue weighted by Gasteiger charge is 1.98. The van der Waals surface area contributed by atoms with E-state index in [2.05, 4.69) is 9.97 Å². The molecular formula is C15H21ClN2O. The minimum atomic E-state index is 0.344. The van der Waals surface area contributed by atoms with Crippen molar-refractivity contribution in [3.05, 3.63) is 48.3 Å². The second kappa shape index (κ2) is 11.5. The molecule has 4 heteroatoms. The first-order valence-corrected chi connectivity index (χ1v) is 7.02. The van der Waals surface area contributed by atoms with E-state index in [0.29, 0.717) is 17.6 Å². The van der Waals surface area contributed by atoms with Crippen LogP contribution in [-0.4, -0.2) is 9.97 Å². The zero-order valence-electron chi connectivity index (χ0n) is 11.9. The van der Waals surface area contributed by atoms with E-state index in [1.807, 2.05) is 52.0 Å². The van der Waals surface area contributed by atoms with Crippen molar-refractivity contribution in [2.75, 3.05) is 0 Å². The zero-order valence-corrected chi connectivity index (χ0v) is 12.7. The number of rotatable bonds is 3. The summed E-state index contributed by atoms with van der Waals surface area (Å²) in [6.45, 7) is 8.00. The molecule has 0 radical (unpaired) electrons. The quantitative estimate of drug-likeness (QED) is 0.737. The summed E-state index contributed by atoms with van der Waals surface area (Å²) in [6, 6.07) is 9.58. The lowest BCUT2D eigenvalue weighted by molar-refractivity contribution is 0.441. The molecule has 104 valence electrons. The molecule has 1 aromatic heterocycles. The third-order valence-corrected chi connectivity index (χ3v) is 2.14. The van der Waals surface area contributed by atoms with E-state index < -0.39 is 0 Å². The monoisotopic (exact) mass is 280 g/mol. The van der Waals surface area contributed by atoms with Crippen molar-refractivity contribution in [2.24, 2.45) is 0 Å². The molecule has 3 nitrogen and oxygen atoms in total. The molecule has 0 saturated carbocycles. The Hall–Kier alpha value is -1.61. The van der Waals surface area contributed by atoms with Crippen molar-refractivity contribution < 1.29 is 4.74 Å². The van der Waals surface area contributed by atoms with Gasteiger partial charge in [-0.2, -0.15) is 0 Å². The Morgan fingerprint density at radius 3 is 1.95 bits per heavy atom. The van der Waals surface area contributed by atoms with Crippen LogP contribution in [0.25, 0.3) is 0 Å². The van der Waals surface area contributed by atoms with Gasteiger partial charge in [0.1, 0.15) is 5.75 Å². The lowest BCUT2D eigenvalue weighted by atomic mass is 10.2. The van der Waals surface area contributed by atoms with Crippen LogP contribution in [0.1, 0.15) is 33.3 Å². The van der Waals surface area contributed by atoms with E-state index in [0.717, 1.165) is 5.56 Å². The van der Waals surface area contributed by atoms with E-state index >= 15 is 0 Å². The van der Waals surface area contributed by atoms with Crippen molar-refractivity contribution in [3.8, 4) is 11.8 Å². The van der Waals surface area contributed by atoms with Crippen LogP contribution in [0.5, 0.6) is 11.8 Å². The summed E-state index contributed by atoms with van der Waals surface area (Å²) in [5.41, 5.74) is 1.05. The molecule has 0 N–H and O–H groups in total. The lowest BCUT2D eigenvalue weighted by Gasteiger charge is -2.03. The summed E-state index contributed by atoms with van der Waals surface area (Å²) >= 11 is 5.67. The number of benzene rings is 1. The first-order valence-electron chi connectivity index (χ1n) is 6.48. The predicted octanol–water partition coefficient (Wildman–Crippen LogP) is 5.06. The fourth-order valence-corrected chi connectivity index (χ4v) is 1.27. The normalized spacial score (nSPS) is 8.47. The molecule has 1 aromatic carbocycles. The molecule has 0 aliphatic heterocycles. The van der Waals surface area contributed by atoms with Gasteiger partial charge < -0.3 is 4.74 Å². The summed E-state index contributed by atoms with van der Waals surface area (Å²) in [6.07, 6.45) is 3.27. The largest absolute Gasteiger partial charge is 0.424 e. The Labute approximate surface area is 120 Å². The molecule has 0 atom stereocenters. The highest BCUT2D eigenvalue weighted by Crippen LogP contribution is 2.18. The van der Waals surface area contributed by atoms with Crippen LogP contribution < -0.4 is 4.74 Å². The molecule has 19 heavy (non-hydrogen) atoms. The first kappa shape index (κ1) is 17.4. The van der Waals surface area contributed by atoms with E-state index in [-0.39, 0.29) is 0 Å². The Morgan fingerprint density at radius 1 is 0.947 bits per heavy atom. The number of nitrogens with zero attached hydrogens (tertiary/aromatic N) is 2. The fourth-order valence-electron chi connectivity index (χ4n) is 1.09. The van der Waals surface area contributed by atoms with Crippen LogP contribution in [-0.2, 0) is 5.88 Å². The molecule has 0 bridgehead atoms. The van der Waals surface area contributed by atoms with Crippen molar-refractivity contribution in [1.82, 2.24) is 9.97 Å². The summed E-state index contributed by atoms with van der Waals surface area (Å²) in [5.74, 6) is 1.21. The van der Waals surface area contributed by atoms with Crippen molar-refractivity contribution in [3.63, 3.8) is 0 Å². The van der Waals surface area contributed by atoms with E-state index in [1.54, 1.807) is 18.5 Å². The van der Waals surface area contributed by atoms with Gasteiger partial charge in [-0.05, 0) is 23.8 Å². The number of alkyl halides is 1. The van der Waals surface area contributed by atoms with Crippen molar-refractivity contribution in [1.29, 1.82) is 0 Å². The van der Waals surface area contributed by atoms with Gasteiger partial charge in [-0.15, -0.1) is 11.6 Å². The van der Waals surface area contributed by atoms with Gasteiger partial charge in [-0.3, -0.25) is 0 Å². The number of ether oxygens (including phenoxy) is 1. The molecule has 0 fully saturated rings. The second-order valence-electron chi connectivity index (χ2n) is 2.91. The third kappa shape index (κ3) is 6.77. The van der Waals surface area contributed by atoms with Crippen LogP contribution in [0, 0.1) is 0 Å². The maximum atomic E-state index is 5.67. The molecule has 0 unspecified atom stereocenters. The first-order chi connectivity index (χ1) is 9.38. The number of aromatic nitrogens is 2. The number of halogens is 1. The highest BCUT2D eigenvalue weighted by molar-refractivity contribution is 6.17. The molecule has 1 heterocycles. The van der Waals surface area contributed by atoms with Gasteiger partial charge in [0.2, 0.25) is 0 Å².